The van der Waals surface area contributed by atoms with E-state index in [2.05, 4.69) is 31.2 Å². The van der Waals surface area contributed by atoms with Crippen LogP contribution < -0.4 is 0 Å². The molecule has 1 aliphatic heterocycles. The zero-order valence-electron chi connectivity index (χ0n) is 16.7. The standard InChI is InChI=1S/C23H21N3OS3/c1-3-25-22(27)20(30-23(25)28)14-17-15-26(18-8-6-5-7-9-18)24-21(17)16-10-12-19(13-11-16)29-4-2/h5-15H,3-4H2,1-2H3/b20-14-. The van der Waals surface area contributed by atoms with Gasteiger partial charge >= 0.3 is 0 Å². The molecule has 7 heteroatoms. The van der Waals surface area contributed by atoms with Crippen LogP contribution in [0.5, 0.6) is 0 Å². The van der Waals surface area contributed by atoms with Crippen LogP contribution in [0.3, 0.4) is 0 Å². The number of rotatable bonds is 6. The van der Waals surface area contributed by atoms with E-state index in [4.69, 9.17) is 17.3 Å². The van der Waals surface area contributed by atoms with Crippen LogP contribution in [0.4, 0.5) is 0 Å². The first kappa shape index (κ1) is 20.9. The maximum Gasteiger partial charge on any atom is 0.266 e. The van der Waals surface area contributed by atoms with E-state index < -0.39 is 0 Å². The van der Waals surface area contributed by atoms with E-state index in [1.54, 1.807) is 4.90 Å². The van der Waals surface area contributed by atoms with Crippen molar-refractivity contribution in [2.24, 2.45) is 0 Å². The number of nitrogens with zero attached hydrogens (tertiary/aromatic N) is 3. The Labute approximate surface area is 190 Å². The number of hydrogen-bond acceptors (Lipinski definition) is 5. The van der Waals surface area contributed by atoms with Gasteiger partial charge in [0.2, 0.25) is 0 Å². The molecule has 0 aliphatic carbocycles. The third-order valence-corrected chi connectivity index (χ3v) is 6.95. The van der Waals surface area contributed by atoms with Crippen molar-refractivity contribution >= 4 is 52.0 Å². The van der Waals surface area contributed by atoms with Crippen LogP contribution in [0.25, 0.3) is 23.0 Å². The molecule has 30 heavy (non-hydrogen) atoms. The average Bonchev–Trinajstić information content (AvgIpc) is 3.30. The van der Waals surface area contributed by atoms with Gasteiger partial charge in [-0.25, -0.2) is 4.68 Å². The van der Waals surface area contributed by atoms with Gasteiger partial charge in [0, 0.05) is 28.8 Å². The van der Waals surface area contributed by atoms with Gasteiger partial charge in [0.15, 0.2) is 0 Å². The molecule has 3 aromatic rings. The number of carbonyl (C=O) groups excluding carboxylic acids is 1. The van der Waals surface area contributed by atoms with Gasteiger partial charge in [0.1, 0.15) is 4.32 Å². The molecule has 0 unspecified atom stereocenters. The maximum absolute atomic E-state index is 12.7. The second kappa shape index (κ2) is 9.20. The molecule has 0 N–H and O–H groups in total. The first-order chi connectivity index (χ1) is 14.6. The molecular weight excluding hydrogens is 430 g/mol. The Morgan fingerprint density at radius 2 is 1.83 bits per heavy atom. The van der Waals surface area contributed by atoms with Crippen LogP contribution >= 0.6 is 35.7 Å². The van der Waals surface area contributed by atoms with E-state index in [0.717, 1.165) is 28.3 Å². The van der Waals surface area contributed by atoms with Crippen molar-refractivity contribution in [3.63, 3.8) is 0 Å². The molecule has 0 spiro atoms. The minimum absolute atomic E-state index is 0.0411. The fourth-order valence-corrected chi connectivity index (χ4v) is 5.26. The maximum atomic E-state index is 12.7. The molecule has 2 aromatic carbocycles. The normalized spacial score (nSPS) is 15.4. The van der Waals surface area contributed by atoms with Gasteiger partial charge in [0.25, 0.3) is 5.91 Å². The quantitative estimate of drug-likeness (QED) is 0.266. The highest BCUT2D eigenvalue weighted by atomic mass is 32.2. The molecular formula is C23H21N3OS3. The Morgan fingerprint density at radius 3 is 2.47 bits per heavy atom. The van der Waals surface area contributed by atoms with Gasteiger partial charge in [-0.2, -0.15) is 5.10 Å². The van der Waals surface area contributed by atoms with Crippen LogP contribution in [0.1, 0.15) is 19.4 Å². The molecule has 0 saturated carbocycles. The summed E-state index contributed by atoms with van der Waals surface area (Å²) in [5.41, 5.74) is 3.72. The average molecular weight is 452 g/mol. The SMILES string of the molecule is CCSc1ccc(-c2nn(-c3ccccc3)cc2/C=C2\SC(=S)N(CC)C2=O)cc1. The zero-order valence-corrected chi connectivity index (χ0v) is 19.2. The van der Waals surface area contributed by atoms with Crippen LogP contribution in [-0.4, -0.2) is 37.2 Å². The van der Waals surface area contributed by atoms with E-state index in [1.807, 2.05) is 66.0 Å². The summed E-state index contributed by atoms with van der Waals surface area (Å²) in [6.07, 6.45) is 3.88. The Bertz CT molecular complexity index is 1100. The summed E-state index contributed by atoms with van der Waals surface area (Å²) in [4.78, 5) is 16.2. The molecule has 1 aromatic heterocycles. The number of para-hydroxylation sites is 1. The van der Waals surface area contributed by atoms with Gasteiger partial charge in [-0.05, 0) is 43.0 Å². The lowest BCUT2D eigenvalue weighted by Gasteiger charge is -2.09. The fourth-order valence-electron chi connectivity index (χ4n) is 3.22. The number of amides is 1. The van der Waals surface area contributed by atoms with Gasteiger partial charge in [0.05, 0.1) is 16.3 Å². The van der Waals surface area contributed by atoms with E-state index in [9.17, 15) is 4.79 Å². The highest BCUT2D eigenvalue weighted by Crippen LogP contribution is 2.35. The van der Waals surface area contributed by atoms with Gasteiger partial charge in [-0.3, -0.25) is 9.69 Å². The summed E-state index contributed by atoms with van der Waals surface area (Å²) in [6, 6.07) is 18.4. The summed E-state index contributed by atoms with van der Waals surface area (Å²) in [5, 5.41) is 4.85. The van der Waals surface area contributed by atoms with Crippen LogP contribution in [-0.2, 0) is 4.79 Å². The number of benzene rings is 2. The minimum Gasteiger partial charge on any atom is -0.293 e. The lowest BCUT2D eigenvalue weighted by molar-refractivity contribution is -0.121. The van der Waals surface area contributed by atoms with Crippen molar-refractivity contribution in [3.8, 4) is 16.9 Å². The molecule has 1 aliphatic rings. The molecule has 0 atom stereocenters. The summed E-state index contributed by atoms with van der Waals surface area (Å²) in [7, 11) is 0. The van der Waals surface area contributed by atoms with E-state index >= 15 is 0 Å². The van der Waals surface area contributed by atoms with E-state index in [0.29, 0.717) is 15.8 Å². The second-order valence-electron chi connectivity index (χ2n) is 6.60. The Kier molecular flexibility index (Phi) is 6.41. The van der Waals surface area contributed by atoms with Gasteiger partial charge in [-0.1, -0.05) is 61.2 Å². The molecule has 4 nitrogen and oxygen atoms in total. The predicted octanol–water partition coefficient (Wildman–Crippen LogP) is 5.87. The predicted molar refractivity (Wildman–Crippen MR) is 131 cm³/mol. The third kappa shape index (κ3) is 4.24. The summed E-state index contributed by atoms with van der Waals surface area (Å²) < 4.78 is 2.46. The number of hydrogen-bond donors (Lipinski definition) is 0. The monoisotopic (exact) mass is 451 g/mol. The van der Waals surface area contributed by atoms with Crippen molar-refractivity contribution in [1.82, 2.24) is 14.7 Å². The molecule has 2 heterocycles. The van der Waals surface area contributed by atoms with Gasteiger partial charge < -0.3 is 0 Å². The molecule has 4 rings (SSSR count). The first-order valence-corrected chi connectivity index (χ1v) is 12.0. The number of carbonyl (C=O) groups is 1. The Hall–Kier alpha value is -2.35. The van der Waals surface area contributed by atoms with E-state index in [-0.39, 0.29) is 5.91 Å². The smallest absolute Gasteiger partial charge is 0.266 e. The lowest BCUT2D eigenvalue weighted by atomic mass is 10.1. The van der Waals surface area contributed by atoms with Crippen LogP contribution in [0.15, 0.2) is 70.6 Å². The van der Waals surface area contributed by atoms with Gasteiger partial charge in [-0.15, -0.1) is 11.8 Å². The number of aromatic nitrogens is 2. The van der Waals surface area contributed by atoms with E-state index in [1.165, 1.54) is 16.7 Å². The molecule has 152 valence electrons. The largest absolute Gasteiger partial charge is 0.293 e. The summed E-state index contributed by atoms with van der Waals surface area (Å²) in [6.45, 7) is 4.65. The minimum atomic E-state index is -0.0411. The van der Waals surface area contributed by atoms with Crippen molar-refractivity contribution in [2.45, 2.75) is 18.7 Å². The topological polar surface area (TPSA) is 38.1 Å². The van der Waals surface area contributed by atoms with Crippen molar-refractivity contribution in [3.05, 3.63) is 71.3 Å². The first-order valence-electron chi connectivity index (χ1n) is 9.74. The summed E-state index contributed by atoms with van der Waals surface area (Å²) >= 11 is 8.52. The fraction of sp³-hybridized carbons (Fsp3) is 0.174. The lowest BCUT2D eigenvalue weighted by Crippen LogP contribution is -2.27. The Balaban J connectivity index is 1.78. The highest BCUT2D eigenvalue weighted by Gasteiger charge is 2.31. The summed E-state index contributed by atoms with van der Waals surface area (Å²) in [5.74, 6) is 0.993. The number of thioether (sulfide) groups is 2. The van der Waals surface area contributed by atoms with Crippen molar-refractivity contribution in [2.75, 3.05) is 12.3 Å². The molecule has 1 fully saturated rings. The van der Waals surface area contributed by atoms with Crippen molar-refractivity contribution in [1.29, 1.82) is 0 Å². The highest BCUT2D eigenvalue weighted by molar-refractivity contribution is 8.26. The second-order valence-corrected chi connectivity index (χ2v) is 9.61. The molecule has 1 saturated heterocycles. The molecule has 0 bridgehead atoms. The third-order valence-electron chi connectivity index (χ3n) is 4.68. The molecule has 0 radical (unpaired) electrons. The Morgan fingerprint density at radius 1 is 1.10 bits per heavy atom. The van der Waals surface area contributed by atoms with Crippen LogP contribution in [0.2, 0.25) is 0 Å². The van der Waals surface area contributed by atoms with Crippen LogP contribution in [0, 0.1) is 0 Å². The molecule has 1 amide bonds. The zero-order chi connectivity index (χ0) is 21.1. The number of thiocarbonyl (C=S) groups is 1. The number of likely N-dealkylation sites (N-methyl/N-ethyl adjacent to an activating group) is 1. The van der Waals surface area contributed by atoms with Crippen molar-refractivity contribution < 1.29 is 4.79 Å².